The number of fused-ring (bicyclic) bond motifs is 1. The van der Waals surface area contributed by atoms with Crippen LogP contribution in [0.15, 0.2) is 34.8 Å². The average Bonchev–Trinajstić information content (AvgIpc) is 2.04. The van der Waals surface area contributed by atoms with Gasteiger partial charge in [-0.25, -0.2) is 0 Å². The molecule has 0 N–H and O–H groups in total. The molecule has 0 unspecified atom stereocenters. The summed E-state index contributed by atoms with van der Waals surface area (Å²) in [6.45, 7) is 0. The van der Waals surface area contributed by atoms with Crippen molar-refractivity contribution in [1.29, 1.82) is 0 Å². The molecule has 2 aromatic carbocycles. The highest BCUT2D eigenvalue weighted by molar-refractivity contribution is 9.10. The molecule has 2 heteroatoms. The SMILES string of the molecule is Clc1cc(Br)cc2ccc[c]c12. The first kappa shape index (κ1) is 8.09. The molecule has 0 aliphatic heterocycles. The quantitative estimate of drug-likeness (QED) is 0.651. The Morgan fingerprint density at radius 2 is 2.17 bits per heavy atom. The third-order valence-corrected chi connectivity index (χ3v) is 2.44. The minimum absolute atomic E-state index is 0.736. The van der Waals surface area contributed by atoms with E-state index >= 15 is 0 Å². The van der Waals surface area contributed by atoms with Gasteiger partial charge in [0.1, 0.15) is 0 Å². The van der Waals surface area contributed by atoms with Crippen LogP contribution in [0.2, 0.25) is 5.02 Å². The molecule has 0 amide bonds. The lowest BCUT2D eigenvalue weighted by molar-refractivity contribution is 1.69. The van der Waals surface area contributed by atoms with E-state index in [1.54, 1.807) is 0 Å². The average molecular weight is 241 g/mol. The van der Waals surface area contributed by atoms with Crippen molar-refractivity contribution >= 4 is 38.3 Å². The number of benzene rings is 2. The highest BCUT2D eigenvalue weighted by Gasteiger charge is 1.98. The first-order valence-corrected chi connectivity index (χ1v) is 4.70. The number of halogens is 2. The van der Waals surface area contributed by atoms with Gasteiger partial charge in [0.05, 0.1) is 5.02 Å². The van der Waals surface area contributed by atoms with Crippen LogP contribution in [-0.2, 0) is 0 Å². The molecular formula is C10H5BrCl. The summed E-state index contributed by atoms with van der Waals surface area (Å²) < 4.78 is 1.000. The van der Waals surface area contributed by atoms with Crippen LogP contribution >= 0.6 is 27.5 Å². The van der Waals surface area contributed by atoms with E-state index in [1.165, 1.54) is 0 Å². The van der Waals surface area contributed by atoms with Gasteiger partial charge in [-0.1, -0.05) is 45.7 Å². The molecule has 2 aromatic rings. The molecule has 0 atom stereocenters. The van der Waals surface area contributed by atoms with E-state index in [9.17, 15) is 0 Å². The standard InChI is InChI=1S/C10H5BrCl/c11-8-5-7-3-1-2-4-9(7)10(12)6-8/h1-3,5-6H. The number of rotatable bonds is 0. The maximum Gasteiger partial charge on any atom is 0.0501 e. The Bertz CT molecular complexity index is 423. The third-order valence-electron chi connectivity index (χ3n) is 1.69. The van der Waals surface area contributed by atoms with Gasteiger partial charge < -0.3 is 0 Å². The van der Waals surface area contributed by atoms with Crippen molar-refractivity contribution in [2.75, 3.05) is 0 Å². The Kier molecular flexibility index (Phi) is 2.07. The van der Waals surface area contributed by atoms with Crippen LogP contribution in [0.5, 0.6) is 0 Å². The molecule has 59 valence electrons. The van der Waals surface area contributed by atoms with Gasteiger partial charge in [0, 0.05) is 9.86 Å². The van der Waals surface area contributed by atoms with Gasteiger partial charge >= 0.3 is 0 Å². The molecule has 0 saturated heterocycles. The Balaban J connectivity index is 2.89. The predicted molar refractivity (Wildman–Crippen MR) is 55.5 cm³/mol. The van der Waals surface area contributed by atoms with Crippen molar-refractivity contribution in [2.24, 2.45) is 0 Å². The van der Waals surface area contributed by atoms with Crippen molar-refractivity contribution in [1.82, 2.24) is 0 Å². The monoisotopic (exact) mass is 239 g/mol. The summed E-state index contributed by atoms with van der Waals surface area (Å²) >= 11 is 9.39. The van der Waals surface area contributed by atoms with Gasteiger partial charge in [-0.05, 0) is 23.6 Å². The molecular weight excluding hydrogens is 235 g/mol. The maximum atomic E-state index is 6.00. The van der Waals surface area contributed by atoms with Crippen LogP contribution in [0.4, 0.5) is 0 Å². The number of hydrogen-bond acceptors (Lipinski definition) is 0. The highest BCUT2D eigenvalue weighted by atomic mass is 79.9. The van der Waals surface area contributed by atoms with Crippen molar-refractivity contribution in [3.05, 3.63) is 45.9 Å². The molecule has 0 spiro atoms. The molecule has 0 aliphatic rings. The lowest BCUT2D eigenvalue weighted by Gasteiger charge is -1.99. The lowest BCUT2D eigenvalue weighted by atomic mass is 10.1. The van der Waals surface area contributed by atoms with E-state index in [0.29, 0.717) is 0 Å². The van der Waals surface area contributed by atoms with Crippen LogP contribution < -0.4 is 0 Å². The zero-order chi connectivity index (χ0) is 8.55. The van der Waals surface area contributed by atoms with Gasteiger partial charge in [-0.2, -0.15) is 0 Å². The summed E-state index contributed by atoms with van der Waals surface area (Å²) in [7, 11) is 0. The van der Waals surface area contributed by atoms with Gasteiger partial charge in [0.15, 0.2) is 0 Å². The summed E-state index contributed by atoms with van der Waals surface area (Å²) in [5.41, 5.74) is 0. The van der Waals surface area contributed by atoms with Crippen LogP contribution in [-0.4, -0.2) is 0 Å². The Labute approximate surface area is 84.3 Å². The zero-order valence-corrected chi connectivity index (χ0v) is 8.48. The van der Waals surface area contributed by atoms with Crippen molar-refractivity contribution < 1.29 is 0 Å². The Morgan fingerprint density at radius 1 is 1.33 bits per heavy atom. The van der Waals surface area contributed by atoms with Gasteiger partial charge in [-0.3, -0.25) is 0 Å². The molecule has 0 heterocycles. The van der Waals surface area contributed by atoms with Crippen LogP contribution in [0.3, 0.4) is 0 Å². The van der Waals surface area contributed by atoms with E-state index < -0.39 is 0 Å². The topological polar surface area (TPSA) is 0 Å². The minimum Gasteiger partial charge on any atom is -0.0836 e. The van der Waals surface area contributed by atoms with Crippen molar-refractivity contribution in [3.8, 4) is 0 Å². The molecule has 0 saturated carbocycles. The molecule has 1 radical (unpaired) electrons. The lowest BCUT2D eigenvalue weighted by Crippen LogP contribution is -1.74. The fourth-order valence-electron chi connectivity index (χ4n) is 1.16. The number of hydrogen-bond donors (Lipinski definition) is 0. The molecule has 0 aromatic heterocycles. The molecule has 12 heavy (non-hydrogen) atoms. The first-order valence-electron chi connectivity index (χ1n) is 3.53. The van der Waals surface area contributed by atoms with E-state index in [2.05, 4.69) is 22.0 Å². The van der Waals surface area contributed by atoms with Gasteiger partial charge in [0.2, 0.25) is 0 Å². The summed E-state index contributed by atoms with van der Waals surface area (Å²) in [6.07, 6.45) is 0. The van der Waals surface area contributed by atoms with Crippen LogP contribution in [0, 0.1) is 6.07 Å². The molecule has 0 fully saturated rings. The van der Waals surface area contributed by atoms with Gasteiger partial charge in [0.25, 0.3) is 0 Å². The summed E-state index contributed by atoms with van der Waals surface area (Å²) in [5.74, 6) is 0. The second-order valence-electron chi connectivity index (χ2n) is 2.52. The second kappa shape index (κ2) is 3.08. The van der Waals surface area contributed by atoms with Crippen LogP contribution in [0.25, 0.3) is 10.8 Å². The molecule has 2 rings (SSSR count). The van der Waals surface area contributed by atoms with Crippen molar-refractivity contribution in [2.45, 2.75) is 0 Å². The smallest absolute Gasteiger partial charge is 0.0501 e. The van der Waals surface area contributed by atoms with E-state index in [0.717, 1.165) is 20.3 Å². The molecule has 0 nitrogen and oxygen atoms in total. The van der Waals surface area contributed by atoms with E-state index in [4.69, 9.17) is 11.6 Å². The predicted octanol–water partition coefficient (Wildman–Crippen LogP) is 4.06. The summed E-state index contributed by atoms with van der Waals surface area (Å²) in [4.78, 5) is 0. The Morgan fingerprint density at radius 3 is 3.00 bits per heavy atom. The minimum atomic E-state index is 0.736. The maximum absolute atomic E-state index is 6.00. The fourth-order valence-corrected chi connectivity index (χ4v) is 2.05. The third kappa shape index (κ3) is 1.35. The zero-order valence-electron chi connectivity index (χ0n) is 6.14. The molecule has 0 aliphatic carbocycles. The van der Waals surface area contributed by atoms with E-state index in [-0.39, 0.29) is 0 Å². The van der Waals surface area contributed by atoms with Crippen molar-refractivity contribution in [3.63, 3.8) is 0 Å². The normalized spacial score (nSPS) is 10.5. The van der Waals surface area contributed by atoms with E-state index in [1.807, 2.05) is 30.3 Å². The Hall–Kier alpha value is -0.530. The van der Waals surface area contributed by atoms with Gasteiger partial charge in [-0.15, -0.1) is 0 Å². The summed E-state index contributed by atoms with van der Waals surface area (Å²) in [5, 5.41) is 2.82. The molecule has 0 bridgehead atoms. The second-order valence-corrected chi connectivity index (χ2v) is 3.84. The largest absolute Gasteiger partial charge is 0.0836 e. The van der Waals surface area contributed by atoms with Crippen LogP contribution in [0.1, 0.15) is 0 Å². The summed E-state index contributed by atoms with van der Waals surface area (Å²) in [6, 6.07) is 12.8. The fraction of sp³-hybridized carbons (Fsp3) is 0. The first-order chi connectivity index (χ1) is 5.77. The highest BCUT2D eigenvalue weighted by Crippen LogP contribution is 2.27.